The van der Waals surface area contributed by atoms with Crippen LogP contribution in [-0.4, -0.2) is 28.9 Å². The van der Waals surface area contributed by atoms with E-state index in [0.717, 1.165) is 11.1 Å². The molecule has 0 spiro atoms. The highest BCUT2D eigenvalue weighted by molar-refractivity contribution is 5.93. The third kappa shape index (κ3) is 3.73. The van der Waals surface area contributed by atoms with Crippen LogP contribution in [0.5, 0.6) is 0 Å². The molecule has 0 fully saturated rings. The minimum absolute atomic E-state index is 0.381. The van der Waals surface area contributed by atoms with Crippen molar-refractivity contribution in [2.75, 3.05) is 7.05 Å². The molecule has 0 aliphatic rings. The highest BCUT2D eigenvalue weighted by Crippen LogP contribution is 2.06. The lowest BCUT2D eigenvalue weighted by atomic mass is 10.1. The number of aliphatic carboxylic acids is 1. The normalized spacial score (nSPS) is 9.88. The fraction of sp³-hybridized carbons (Fsp3) is 0.333. The van der Waals surface area contributed by atoms with Gasteiger partial charge < -0.3 is 10.0 Å². The van der Waals surface area contributed by atoms with Crippen LogP contribution in [0.25, 0.3) is 0 Å². The van der Waals surface area contributed by atoms with E-state index in [1.54, 1.807) is 7.05 Å². The maximum absolute atomic E-state index is 11.4. The molecule has 86 valence electrons. The molecular weight excluding hydrogens is 206 g/mol. The third-order valence-electron chi connectivity index (χ3n) is 2.27. The molecule has 1 amide bonds. The minimum Gasteiger partial charge on any atom is -0.481 e. The molecule has 1 aromatic rings. The Labute approximate surface area is 94.5 Å². The van der Waals surface area contributed by atoms with Crippen molar-refractivity contribution in [1.29, 1.82) is 0 Å². The lowest BCUT2D eigenvalue weighted by Gasteiger charge is -2.16. The zero-order valence-corrected chi connectivity index (χ0v) is 9.43. The maximum Gasteiger partial charge on any atom is 0.312 e. The van der Waals surface area contributed by atoms with Crippen molar-refractivity contribution in [3.63, 3.8) is 0 Å². The van der Waals surface area contributed by atoms with Crippen molar-refractivity contribution in [2.45, 2.75) is 19.9 Å². The highest BCUT2D eigenvalue weighted by atomic mass is 16.4. The standard InChI is InChI=1S/C12H15NO3/c1-9-3-5-10(6-4-9)8-13(2)11(14)7-12(15)16/h3-6H,7-8H2,1-2H3,(H,15,16). The second-order valence-corrected chi connectivity index (χ2v) is 3.81. The lowest BCUT2D eigenvalue weighted by molar-refractivity contribution is -0.143. The first-order valence-electron chi connectivity index (χ1n) is 5.00. The molecule has 0 bridgehead atoms. The molecule has 0 saturated heterocycles. The van der Waals surface area contributed by atoms with Crippen LogP contribution >= 0.6 is 0 Å². The van der Waals surface area contributed by atoms with Gasteiger partial charge in [-0.3, -0.25) is 9.59 Å². The number of benzene rings is 1. The number of aryl methyl sites for hydroxylation is 1. The summed E-state index contributed by atoms with van der Waals surface area (Å²) in [5, 5.41) is 8.49. The summed E-state index contributed by atoms with van der Waals surface area (Å²) in [4.78, 5) is 23.1. The quantitative estimate of drug-likeness (QED) is 0.782. The summed E-state index contributed by atoms with van der Waals surface area (Å²) in [6.07, 6.45) is -0.456. The lowest BCUT2D eigenvalue weighted by Crippen LogP contribution is -2.27. The fourth-order valence-corrected chi connectivity index (χ4v) is 1.32. The molecule has 0 aliphatic heterocycles. The zero-order chi connectivity index (χ0) is 12.1. The van der Waals surface area contributed by atoms with Gasteiger partial charge in [0.05, 0.1) is 0 Å². The predicted octanol–water partition coefficient (Wildman–Crippen LogP) is 1.43. The first kappa shape index (κ1) is 12.2. The number of carboxylic acid groups (broad SMARTS) is 1. The van der Waals surface area contributed by atoms with Crippen molar-refractivity contribution in [2.24, 2.45) is 0 Å². The van der Waals surface area contributed by atoms with E-state index in [4.69, 9.17) is 5.11 Å². The molecule has 4 heteroatoms. The van der Waals surface area contributed by atoms with E-state index >= 15 is 0 Å². The topological polar surface area (TPSA) is 57.6 Å². The zero-order valence-electron chi connectivity index (χ0n) is 9.43. The Morgan fingerprint density at radius 1 is 1.25 bits per heavy atom. The van der Waals surface area contributed by atoms with Gasteiger partial charge in [0.2, 0.25) is 5.91 Å². The van der Waals surface area contributed by atoms with E-state index in [1.807, 2.05) is 31.2 Å². The monoisotopic (exact) mass is 221 g/mol. The summed E-state index contributed by atoms with van der Waals surface area (Å²) in [7, 11) is 1.60. The summed E-state index contributed by atoms with van der Waals surface area (Å²) in [5.41, 5.74) is 2.15. The predicted molar refractivity (Wildman–Crippen MR) is 59.9 cm³/mol. The van der Waals surface area contributed by atoms with Crippen LogP contribution in [0.15, 0.2) is 24.3 Å². The highest BCUT2D eigenvalue weighted by Gasteiger charge is 2.12. The Balaban J connectivity index is 2.57. The molecule has 0 radical (unpaired) electrons. The number of nitrogens with zero attached hydrogens (tertiary/aromatic N) is 1. The SMILES string of the molecule is Cc1ccc(CN(C)C(=O)CC(=O)O)cc1. The Hall–Kier alpha value is -1.84. The van der Waals surface area contributed by atoms with Crippen LogP contribution in [0.3, 0.4) is 0 Å². The van der Waals surface area contributed by atoms with Gasteiger partial charge in [0.25, 0.3) is 0 Å². The van der Waals surface area contributed by atoms with Crippen LogP contribution in [-0.2, 0) is 16.1 Å². The van der Waals surface area contributed by atoms with E-state index in [1.165, 1.54) is 4.90 Å². The van der Waals surface area contributed by atoms with Gasteiger partial charge in [-0.1, -0.05) is 29.8 Å². The minimum atomic E-state index is -1.10. The Morgan fingerprint density at radius 2 is 1.81 bits per heavy atom. The molecule has 0 heterocycles. The number of carbonyl (C=O) groups is 2. The number of hydrogen-bond donors (Lipinski definition) is 1. The van der Waals surface area contributed by atoms with E-state index < -0.39 is 12.4 Å². The van der Waals surface area contributed by atoms with Gasteiger partial charge in [-0.2, -0.15) is 0 Å². The summed E-state index contributed by atoms with van der Waals surface area (Å²) >= 11 is 0. The number of hydrogen-bond acceptors (Lipinski definition) is 2. The number of carboxylic acids is 1. The van der Waals surface area contributed by atoms with Crippen LogP contribution < -0.4 is 0 Å². The van der Waals surface area contributed by atoms with Crippen molar-refractivity contribution < 1.29 is 14.7 Å². The van der Waals surface area contributed by atoms with Gasteiger partial charge in [-0.05, 0) is 12.5 Å². The molecule has 0 aliphatic carbocycles. The molecule has 16 heavy (non-hydrogen) atoms. The van der Waals surface area contributed by atoms with Crippen LogP contribution in [0.4, 0.5) is 0 Å². The van der Waals surface area contributed by atoms with Crippen LogP contribution in [0, 0.1) is 6.92 Å². The van der Waals surface area contributed by atoms with Crippen molar-refractivity contribution >= 4 is 11.9 Å². The average molecular weight is 221 g/mol. The summed E-state index contributed by atoms with van der Waals surface area (Å²) in [6, 6.07) is 7.79. The molecule has 4 nitrogen and oxygen atoms in total. The molecule has 0 aromatic heterocycles. The van der Waals surface area contributed by atoms with Crippen molar-refractivity contribution in [3.8, 4) is 0 Å². The number of carbonyl (C=O) groups excluding carboxylic acids is 1. The summed E-state index contributed by atoms with van der Waals surface area (Å²) in [6.45, 7) is 2.43. The van der Waals surface area contributed by atoms with Crippen LogP contribution in [0.1, 0.15) is 17.5 Å². The smallest absolute Gasteiger partial charge is 0.312 e. The Kier molecular flexibility index (Phi) is 4.05. The molecule has 0 unspecified atom stereocenters. The van der Waals surface area contributed by atoms with Crippen molar-refractivity contribution in [1.82, 2.24) is 4.90 Å². The van der Waals surface area contributed by atoms with E-state index in [-0.39, 0.29) is 5.91 Å². The van der Waals surface area contributed by atoms with Crippen molar-refractivity contribution in [3.05, 3.63) is 35.4 Å². The second kappa shape index (κ2) is 5.30. The van der Waals surface area contributed by atoms with E-state index in [2.05, 4.69) is 0 Å². The molecule has 1 rings (SSSR count). The van der Waals surface area contributed by atoms with E-state index in [9.17, 15) is 9.59 Å². The van der Waals surface area contributed by atoms with E-state index in [0.29, 0.717) is 6.54 Å². The Bertz CT molecular complexity index is 384. The fourth-order valence-electron chi connectivity index (χ4n) is 1.32. The first-order chi connectivity index (χ1) is 7.49. The number of rotatable bonds is 4. The average Bonchev–Trinajstić information content (AvgIpc) is 2.20. The van der Waals surface area contributed by atoms with Gasteiger partial charge in [-0.25, -0.2) is 0 Å². The molecule has 1 aromatic carbocycles. The van der Waals surface area contributed by atoms with Gasteiger partial charge in [-0.15, -0.1) is 0 Å². The van der Waals surface area contributed by atoms with Gasteiger partial charge >= 0.3 is 5.97 Å². The largest absolute Gasteiger partial charge is 0.481 e. The summed E-state index contributed by atoms with van der Waals surface area (Å²) < 4.78 is 0. The summed E-state index contributed by atoms with van der Waals surface area (Å²) in [5.74, 6) is -1.48. The van der Waals surface area contributed by atoms with Crippen LogP contribution in [0.2, 0.25) is 0 Å². The molecular formula is C12H15NO3. The van der Waals surface area contributed by atoms with Gasteiger partial charge in [0.15, 0.2) is 0 Å². The first-order valence-corrected chi connectivity index (χ1v) is 5.00. The number of amides is 1. The van der Waals surface area contributed by atoms with Gasteiger partial charge in [0.1, 0.15) is 6.42 Å². The second-order valence-electron chi connectivity index (χ2n) is 3.81. The third-order valence-corrected chi connectivity index (χ3v) is 2.27. The maximum atomic E-state index is 11.4. The molecule has 0 atom stereocenters. The Morgan fingerprint density at radius 3 is 2.31 bits per heavy atom. The molecule has 0 saturated carbocycles. The van der Waals surface area contributed by atoms with Gasteiger partial charge in [0, 0.05) is 13.6 Å². The molecule has 1 N–H and O–H groups in total.